The van der Waals surface area contributed by atoms with Crippen molar-refractivity contribution in [1.29, 1.82) is 0 Å². The van der Waals surface area contributed by atoms with E-state index in [2.05, 4.69) is 27.1 Å². The fourth-order valence-electron chi connectivity index (χ4n) is 4.46. The van der Waals surface area contributed by atoms with Crippen molar-refractivity contribution in [1.82, 2.24) is 25.0 Å². The third-order valence-electron chi connectivity index (χ3n) is 6.48. The van der Waals surface area contributed by atoms with E-state index < -0.39 is 0 Å². The van der Waals surface area contributed by atoms with Crippen LogP contribution in [0, 0.1) is 5.92 Å². The van der Waals surface area contributed by atoms with Crippen LogP contribution in [0.5, 0.6) is 0 Å². The van der Waals surface area contributed by atoms with E-state index in [1.54, 1.807) is 0 Å². The van der Waals surface area contributed by atoms with Gasteiger partial charge >= 0.3 is 0 Å². The molecule has 2 aliphatic rings. The Hall–Kier alpha value is -2.38. The monoisotopic (exact) mass is 411 g/mol. The quantitative estimate of drug-likeness (QED) is 0.760. The number of hydrogen-bond acceptors (Lipinski definition) is 4. The second kappa shape index (κ2) is 9.62. The first kappa shape index (κ1) is 20.9. The molecule has 2 amide bonds. The van der Waals surface area contributed by atoms with Gasteiger partial charge in [0, 0.05) is 69.7 Å². The molecule has 2 aromatic rings. The highest BCUT2D eigenvalue weighted by atomic mass is 16.2. The molecule has 30 heavy (non-hydrogen) atoms. The number of hydrogen-bond donors (Lipinski definition) is 2. The Morgan fingerprint density at radius 1 is 1.07 bits per heavy atom. The van der Waals surface area contributed by atoms with Crippen LogP contribution < -0.4 is 5.32 Å². The number of carbonyl (C=O) groups excluding carboxylic acids is 2. The topological polar surface area (TPSA) is 71.7 Å². The predicted molar refractivity (Wildman–Crippen MR) is 118 cm³/mol. The molecule has 2 fully saturated rings. The summed E-state index contributed by atoms with van der Waals surface area (Å²) in [5, 5.41) is 4.14. The van der Waals surface area contributed by atoms with Gasteiger partial charge in [-0.15, -0.1) is 0 Å². The highest BCUT2D eigenvalue weighted by Crippen LogP contribution is 2.23. The van der Waals surface area contributed by atoms with Crippen LogP contribution in [0.1, 0.15) is 29.8 Å². The number of nitrogens with one attached hydrogen (secondary N) is 2. The minimum atomic E-state index is 0.0567. The van der Waals surface area contributed by atoms with Crippen molar-refractivity contribution in [2.45, 2.75) is 19.3 Å². The number of aromatic amines is 1. The molecule has 162 valence electrons. The Labute approximate surface area is 178 Å². The molecule has 4 rings (SSSR count). The van der Waals surface area contributed by atoms with Gasteiger partial charge in [-0.05, 0) is 37.9 Å². The normalized spacial score (nSPS) is 19.3. The van der Waals surface area contributed by atoms with E-state index in [1.807, 2.05) is 35.2 Å². The van der Waals surface area contributed by atoms with E-state index in [-0.39, 0.29) is 11.8 Å². The minimum Gasteiger partial charge on any atom is -0.355 e. The zero-order valence-corrected chi connectivity index (χ0v) is 17.9. The Bertz CT molecular complexity index is 830. The summed E-state index contributed by atoms with van der Waals surface area (Å²) in [6.45, 7) is 7.44. The minimum absolute atomic E-state index is 0.0567. The molecular weight excluding hydrogens is 378 g/mol. The lowest BCUT2D eigenvalue weighted by Gasteiger charge is -2.32. The SMILES string of the molecule is CN1CCN(CCNC(=O)CC2CCN(C(=O)c3cc4ccccc4[nH]3)CC2)CC1. The maximum atomic E-state index is 12.8. The summed E-state index contributed by atoms with van der Waals surface area (Å²) < 4.78 is 0. The number of fused-ring (bicyclic) bond motifs is 1. The van der Waals surface area contributed by atoms with Gasteiger partial charge in [0.1, 0.15) is 5.69 Å². The summed E-state index contributed by atoms with van der Waals surface area (Å²) in [7, 11) is 2.15. The fourth-order valence-corrected chi connectivity index (χ4v) is 4.46. The average Bonchev–Trinajstić information content (AvgIpc) is 3.19. The Morgan fingerprint density at radius 3 is 2.53 bits per heavy atom. The maximum Gasteiger partial charge on any atom is 0.270 e. The largest absolute Gasteiger partial charge is 0.355 e. The number of likely N-dealkylation sites (tertiary alicyclic amines) is 1. The van der Waals surface area contributed by atoms with Gasteiger partial charge in [0.2, 0.25) is 5.91 Å². The Balaban J connectivity index is 1.17. The highest BCUT2D eigenvalue weighted by molar-refractivity contribution is 5.98. The van der Waals surface area contributed by atoms with Gasteiger partial charge in [0.05, 0.1) is 0 Å². The van der Waals surface area contributed by atoms with E-state index >= 15 is 0 Å². The summed E-state index contributed by atoms with van der Waals surface area (Å²) in [4.78, 5) is 35.0. The number of benzene rings is 1. The molecule has 0 bridgehead atoms. The van der Waals surface area contributed by atoms with Crippen LogP contribution in [0.15, 0.2) is 30.3 Å². The Kier molecular flexibility index (Phi) is 6.69. The Morgan fingerprint density at radius 2 is 1.80 bits per heavy atom. The number of likely N-dealkylation sites (N-methyl/N-ethyl adjacent to an activating group) is 1. The summed E-state index contributed by atoms with van der Waals surface area (Å²) in [6, 6.07) is 9.87. The van der Waals surface area contributed by atoms with E-state index in [0.29, 0.717) is 31.1 Å². The number of amides is 2. The molecule has 1 aromatic heterocycles. The van der Waals surface area contributed by atoms with E-state index in [0.717, 1.165) is 63.0 Å². The summed E-state index contributed by atoms with van der Waals surface area (Å²) >= 11 is 0. The van der Waals surface area contributed by atoms with Crippen LogP contribution in [0.25, 0.3) is 10.9 Å². The number of piperidine rings is 1. The van der Waals surface area contributed by atoms with Gasteiger partial charge in [-0.3, -0.25) is 14.5 Å². The maximum absolute atomic E-state index is 12.8. The third-order valence-corrected chi connectivity index (χ3v) is 6.48. The lowest BCUT2D eigenvalue weighted by Crippen LogP contribution is -2.47. The summed E-state index contributed by atoms with van der Waals surface area (Å²) in [5.41, 5.74) is 1.64. The number of H-pyrrole nitrogens is 1. The van der Waals surface area contributed by atoms with Gasteiger partial charge in [0.25, 0.3) is 5.91 Å². The number of nitrogens with zero attached hydrogens (tertiary/aromatic N) is 3. The molecule has 2 N–H and O–H groups in total. The van der Waals surface area contributed by atoms with Crippen LogP contribution >= 0.6 is 0 Å². The molecule has 7 nitrogen and oxygen atoms in total. The predicted octanol–water partition coefficient (Wildman–Crippen LogP) is 1.77. The smallest absolute Gasteiger partial charge is 0.270 e. The number of piperazine rings is 1. The van der Waals surface area contributed by atoms with E-state index in [9.17, 15) is 9.59 Å². The van der Waals surface area contributed by atoms with Gasteiger partial charge in [-0.25, -0.2) is 0 Å². The van der Waals surface area contributed by atoms with Crippen LogP contribution in [0.2, 0.25) is 0 Å². The average molecular weight is 412 g/mol. The lowest BCUT2D eigenvalue weighted by molar-refractivity contribution is -0.122. The second-order valence-corrected chi connectivity index (χ2v) is 8.70. The van der Waals surface area contributed by atoms with Gasteiger partial charge in [-0.2, -0.15) is 0 Å². The second-order valence-electron chi connectivity index (χ2n) is 8.70. The van der Waals surface area contributed by atoms with Crippen molar-refractivity contribution >= 4 is 22.7 Å². The van der Waals surface area contributed by atoms with Crippen molar-refractivity contribution in [3.8, 4) is 0 Å². The molecule has 7 heteroatoms. The summed E-state index contributed by atoms with van der Waals surface area (Å²) in [6.07, 6.45) is 2.34. The molecule has 0 spiro atoms. The highest BCUT2D eigenvalue weighted by Gasteiger charge is 2.26. The molecule has 1 aromatic carbocycles. The molecule has 0 saturated carbocycles. The molecule has 0 radical (unpaired) electrons. The molecule has 0 atom stereocenters. The molecule has 2 aliphatic heterocycles. The lowest BCUT2D eigenvalue weighted by atomic mass is 9.93. The van der Waals surface area contributed by atoms with Crippen molar-refractivity contribution in [3.05, 3.63) is 36.0 Å². The van der Waals surface area contributed by atoms with Gasteiger partial charge in [-0.1, -0.05) is 18.2 Å². The number of carbonyl (C=O) groups is 2. The third kappa shape index (κ3) is 5.21. The zero-order chi connectivity index (χ0) is 20.9. The van der Waals surface area contributed by atoms with E-state index in [1.165, 1.54) is 0 Å². The van der Waals surface area contributed by atoms with Crippen molar-refractivity contribution in [2.75, 3.05) is 59.4 Å². The van der Waals surface area contributed by atoms with E-state index in [4.69, 9.17) is 0 Å². The van der Waals surface area contributed by atoms with Gasteiger partial charge in [0.15, 0.2) is 0 Å². The van der Waals surface area contributed by atoms with Crippen LogP contribution in [-0.2, 0) is 4.79 Å². The van der Waals surface area contributed by atoms with Crippen LogP contribution in [-0.4, -0.2) is 90.9 Å². The summed E-state index contributed by atoms with van der Waals surface area (Å²) in [5.74, 6) is 0.561. The first-order valence-electron chi connectivity index (χ1n) is 11.1. The first-order chi connectivity index (χ1) is 14.6. The zero-order valence-electron chi connectivity index (χ0n) is 17.9. The molecule has 0 aliphatic carbocycles. The van der Waals surface area contributed by atoms with Crippen LogP contribution in [0.3, 0.4) is 0 Å². The standard InChI is InChI=1S/C23H33N5O2/c1-26-12-14-27(15-13-26)11-8-24-22(29)16-18-6-9-28(10-7-18)23(30)21-17-19-4-2-3-5-20(19)25-21/h2-5,17-18,25H,6-16H2,1H3,(H,24,29). The fraction of sp³-hybridized carbons (Fsp3) is 0.565. The molecule has 2 saturated heterocycles. The number of rotatable bonds is 6. The van der Waals surface area contributed by atoms with Crippen LogP contribution in [0.4, 0.5) is 0 Å². The van der Waals surface area contributed by atoms with Gasteiger partial charge < -0.3 is 20.1 Å². The number of aromatic nitrogens is 1. The molecular formula is C23H33N5O2. The van der Waals surface area contributed by atoms with Crippen molar-refractivity contribution in [3.63, 3.8) is 0 Å². The molecule has 0 unspecified atom stereocenters. The first-order valence-corrected chi connectivity index (χ1v) is 11.1. The van der Waals surface area contributed by atoms with Crippen molar-refractivity contribution in [2.24, 2.45) is 5.92 Å². The van der Waals surface area contributed by atoms with Crippen molar-refractivity contribution < 1.29 is 9.59 Å². The molecule has 3 heterocycles. The number of para-hydroxylation sites is 1.